The lowest BCUT2D eigenvalue weighted by atomic mass is 9.90. The molecule has 34 heavy (non-hydrogen) atoms. The lowest BCUT2D eigenvalue weighted by molar-refractivity contribution is -0.137. The predicted octanol–water partition coefficient (Wildman–Crippen LogP) is 6.95. The fraction of sp³-hybridized carbons (Fsp3) is 0.0370. The van der Waals surface area contributed by atoms with E-state index in [0.29, 0.717) is 38.8 Å². The van der Waals surface area contributed by atoms with Crippen LogP contribution in [0.4, 0.5) is 13.2 Å². The molecule has 0 saturated carbocycles. The largest absolute Gasteiger partial charge is 0.478 e. The van der Waals surface area contributed by atoms with Crippen LogP contribution in [0.1, 0.15) is 15.9 Å². The van der Waals surface area contributed by atoms with Gasteiger partial charge in [0, 0.05) is 22.6 Å². The van der Waals surface area contributed by atoms with Crippen LogP contribution in [0.15, 0.2) is 94.1 Å². The van der Waals surface area contributed by atoms with Crippen LogP contribution in [0.25, 0.3) is 44.5 Å². The summed E-state index contributed by atoms with van der Waals surface area (Å²) in [6.45, 7) is 0. The van der Waals surface area contributed by atoms with Gasteiger partial charge in [-0.2, -0.15) is 13.2 Å². The molecule has 5 rings (SSSR count). The Labute approximate surface area is 190 Å². The summed E-state index contributed by atoms with van der Waals surface area (Å²) in [7, 11) is 0. The zero-order valence-electron chi connectivity index (χ0n) is 17.4. The van der Waals surface area contributed by atoms with E-state index in [4.69, 9.17) is 4.42 Å². The smallest absolute Gasteiger partial charge is 0.416 e. The number of rotatable bonds is 3. The Morgan fingerprint density at radius 2 is 1.50 bits per heavy atom. The van der Waals surface area contributed by atoms with Gasteiger partial charge in [-0.15, -0.1) is 0 Å². The van der Waals surface area contributed by atoms with Crippen LogP contribution in [-0.2, 0) is 6.18 Å². The van der Waals surface area contributed by atoms with Crippen LogP contribution in [0, 0.1) is 0 Å². The zero-order valence-corrected chi connectivity index (χ0v) is 17.4. The molecule has 0 amide bonds. The van der Waals surface area contributed by atoms with E-state index < -0.39 is 17.7 Å². The summed E-state index contributed by atoms with van der Waals surface area (Å²) in [6, 6.07) is 20.8. The highest BCUT2D eigenvalue weighted by molar-refractivity contribution is 6.07. The van der Waals surface area contributed by atoms with Gasteiger partial charge in [0.1, 0.15) is 11.3 Å². The molecule has 0 saturated heterocycles. The molecule has 1 N–H and O–H groups in total. The second kappa shape index (κ2) is 7.88. The van der Waals surface area contributed by atoms with E-state index in [0.717, 1.165) is 12.1 Å². The molecular formula is C27H15F3O4. The molecule has 0 fully saturated rings. The van der Waals surface area contributed by atoms with Crippen molar-refractivity contribution in [2.75, 3.05) is 0 Å². The van der Waals surface area contributed by atoms with Crippen LogP contribution < -0.4 is 5.43 Å². The SMILES string of the molecule is O=C(O)c1ccccc1-c1c2ccc(=O)cc-2oc2cc(-c3ccc(C(F)(F)F)cc3)ccc12. The van der Waals surface area contributed by atoms with Gasteiger partial charge in [-0.1, -0.05) is 36.4 Å². The van der Waals surface area contributed by atoms with Crippen molar-refractivity contribution >= 4 is 16.9 Å². The summed E-state index contributed by atoms with van der Waals surface area (Å²) in [5.41, 5.74) is 2.23. The first-order valence-corrected chi connectivity index (χ1v) is 10.2. The monoisotopic (exact) mass is 460 g/mol. The predicted molar refractivity (Wildman–Crippen MR) is 122 cm³/mol. The van der Waals surface area contributed by atoms with Gasteiger partial charge in [0.15, 0.2) is 5.43 Å². The molecule has 4 nitrogen and oxygen atoms in total. The second-order valence-corrected chi connectivity index (χ2v) is 7.77. The summed E-state index contributed by atoms with van der Waals surface area (Å²) >= 11 is 0. The Hall–Kier alpha value is -4.39. The van der Waals surface area contributed by atoms with Gasteiger partial charge in [0.2, 0.25) is 0 Å². The van der Waals surface area contributed by atoms with Gasteiger partial charge in [-0.3, -0.25) is 4.79 Å². The van der Waals surface area contributed by atoms with E-state index in [9.17, 15) is 27.9 Å². The average molecular weight is 460 g/mol. The number of hydrogen-bond acceptors (Lipinski definition) is 3. The van der Waals surface area contributed by atoms with Crippen molar-refractivity contribution in [3.05, 3.63) is 106 Å². The second-order valence-electron chi connectivity index (χ2n) is 7.77. The summed E-state index contributed by atoms with van der Waals surface area (Å²) in [4.78, 5) is 23.9. The lowest BCUT2D eigenvalue weighted by Crippen LogP contribution is -2.04. The molecule has 3 aromatic carbocycles. The van der Waals surface area contributed by atoms with Crippen molar-refractivity contribution in [3.8, 4) is 33.6 Å². The van der Waals surface area contributed by atoms with Crippen molar-refractivity contribution in [3.63, 3.8) is 0 Å². The zero-order chi connectivity index (χ0) is 24.0. The first kappa shape index (κ1) is 21.5. The maximum absolute atomic E-state index is 12.9. The molecule has 1 heterocycles. The number of benzene rings is 4. The van der Waals surface area contributed by atoms with Crippen molar-refractivity contribution in [1.82, 2.24) is 0 Å². The summed E-state index contributed by atoms with van der Waals surface area (Å²) in [5, 5.41) is 10.3. The molecule has 0 aromatic heterocycles. The summed E-state index contributed by atoms with van der Waals surface area (Å²) in [6.07, 6.45) is -4.43. The molecule has 0 spiro atoms. The lowest BCUT2D eigenvalue weighted by Gasteiger charge is -2.17. The molecule has 3 aromatic rings. The number of halogens is 3. The first-order chi connectivity index (χ1) is 16.2. The number of hydrogen-bond donors (Lipinski definition) is 1. The third-order valence-corrected chi connectivity index (χ3v) is 5.67. The molecule has 0 unspecified atom stereocenters. The number of carbonyl (C=O) groups is 1. The van der Waals surface area contributed by atoms with E-state index in [1.54, 1.807) is 42.5 Å². The molecule has 0 bridgehead atoms. The summed E-state index contributed by atoms with van der Waals surface area (Å²) in [5.74, 6) is -0.820. The number of carboxylic acids is 1. The highest BCUT2D eigenvalue weighted by Crippen LogP contribution is 2.42. The highest BCUT2D eigenvalue weighted by Gasteiger charge is 2.30. The molecule has 2 aliphatic rings. The quantitative estimate of drug-likeness (QED) is 0.296. The maximum Gasteiger partial charge on any atom is 0.416 e. The van der Waals surface area contributed by atoms with Crippen molar-refractivity contribution < 1.29 is 27.5 Å². The topological polar surface area (TPSA) is 67.5 Å². The molecular weight excluding hydrogens is 445 g/mol. The van der Waals surface area contributed by atoms with Crippen LogP contribution in [0.2, 0.25) is 0 Å². The third kappa shape index (κ3) is 3.71. The van der Waals surface area contributed by atoms with Gasteiger partial charge >= 0.3 is 12.1 Å². The minimum absolute atomic E-state index is 0.0920. The van der Waals surface area contributed by atoms with Crippen LogP contribution in [0.5, 0.6) is 0 Å². The van der Waals surface area contributed by atoms with E-state index in [-0.39, 0.29) is 16.8 Å². The summed E-state index contributed by atoms with van der Waals surface area (Å²) < 4.78 is 44.8. The molecule has 7 heteroatoms. The first-order valence-electron chi connectivity index (χ1n) is 10.2. The van der Waals surface area contributed by atoms with Crippen molar-refractivity contribution in [2.24, 2.45) is 0 Å². The molecule has 0 radical (unpaired) electrons. The van der Waals surface area contributed by atoms with Crippen molar-refractivity contribution in [2.45, 2.75) is 6.18 Å². The van der Waals surface area contributed by atoms with Crippen LogP contribution in [-0.4, -0.2) is 11.1 Å². The fourth-order valence-corrected chi connectivity index (χ4v) is 4.08. The number of alkyl halides is 3. The normalized spacial score (nSPS) is 11.7. The van der Waals surface area contributed by atoms with Gasteiger partial charge in [-0.25, -0.2) is 4.79 Å². The van der Waals surface area contributed by atoms with Gasteiger partial charge in [-0.05, 0) is 59.2 Å². The van der Waals surface area contributed by atoms with Gasteiger partial charge < -0.3 is 9.52 Å². The van der Waals surface area contributed by atoms with Crippen LogP contribution >= 0.6 is 0 Å². The van der Waals surface area contributed by atoms with Crippen molar-refractivity contribution in [1.29, 1.82) is 0 Å². The van der Waals surface area contributed by atoms with E-state index in [2.05, 4.69) is 0 Å². The Balaban J connectivity index is 1.77. The standard InChI is InChI=1S/C27H15F3O4/c28-27(29,30)17-8-5-15(6-9-17)16-7-11-21-23(13-16)34-24-14-18(31)10-12-22(24)25(21)19-3-1-2-4-20(19)26(32)33/h1-14H,(H,32,33). The van der Waals surface area contributed by atoms with Crippen LogP contribution in [0.3, 0.4) is 0 Å². The molecule has 1 aliphatic heterocycles. The Morgan fingerprint density at radius 3 is 2.21 bits per heavy atom. The number of fused-ring (bicyclic) bond motifs is 2. The Morgan fingerprint density at radius 1 is 0.794 bits per heavy atom. The minimum Gasteiger partial charge on any atom is -0.478 e. The van der Waals surface area contributed by atoms with Gasteiger partial charge in [0.05, 0.1) is 11.1 Å². The van der Waals surface area contributed by atoms with E-state index in [1.807, 2.05) is 0 Å². The average Bonchev–Trinajstić information content (AvgIpc) is 2.81. The molecule has 168 valence electrons. The fourth-order valence-electron chi connectivity index (χ4n) is 4.08. The Bertz CT molecular complexity index is 1580. The van der Waals surface area contributed by atoms with Gasteiger partial charge in [0.25, 0.3) is 0 Å². The van der Waals surface area contributed by atoms with E-state index >= 15 is 0 Å². The Kier molecular flexibility index (Phi) is 4.97. The number of aromatic carboxylic acids is 1. The highest BCUT2D eigenvalue weighted by atomic mass is 19.4. The molecule has 1 aliphatic carbocycles. The number of carboxylic acid groups (broad SMARTS) is 1. The van der Waals surface area contributed by atoms with E-state index in [1.165, 1.54) is 30.3 Å². The maximum atomic E-state index is 12.9. The molecule has 0 atom stereocenters. The third-order valence-electron chi connectivity index (χ3n) is 5.67. The minimum atomic E-state index is -4.43.